The van der Waals surface area contributed by atoms with Crippen molar-refractivity contribution >= 4 is 17.5 Å². The minimum atomic E-state index is -0.124. The zero-order chi connectivity index (χ0) is 9.42. The fourth-order valence-electron chi connectivity index (χ4n) is 1.07. The number of rotatable bonds is 2. The van der Waals surface area contributed by atoms with E-state index in [1.807, 2.05) is 0 Å². The zero-order valence-electron chi connectivity index (χ0n) is 7.25. The maximum atomic E-state index is 11.5. The van der Waals surface area contributed by atoms with E-state index in [1.54, 1.807) is 7.05 Å². The summed E-state index contributed by atoms with van der Waals surface area (Å²) in [6, 6.07) is 0.351. The van der Waals surface area contributed by atoms with Crippen LogP contribution in [0.1, 0.15) is 23.2 Å². The summed E-state index contributed by atoms with van der Waals surface area (Å²) in [5, 5.41) is 7.12. The Balaban J connectivity index is 2.14. The first kappa shape index (κ1) is 8.56. The summed E-state index contributed by atoms with van der Waals surface area (Å²) >= 11 is 5.85. The fraction of sp³-hybridized carbons (Fsp3) is 0.500. The van der Waals surface area contributed by atoms with Crippen LogP contribution in [0.5, 0.6) is 0 Å². The van der Waals surface area contributed by atoms with Crippen LogP contribution in [0, 0.1) is 0 Å². The molecule has 1 aromatic rings. The van der Waals surface area contributed by atoms with Crippen LogP contribution in [0.15, 0.2) is 6.20 Å². The Hall–Kier alpha value is -1.03. The molecule has 0 atom stereocenters. The van der Waals surface area contributed by atoms with E-state index in [0.29, 0.717) is 16.8 Å². The number of carbonyl (C=O) groups is 1. The molecule has 5 heteroatoms. The van der Waals surface area contributed by atoms with Gasteiger partial charge in [0.15, 0.2) is 0 Å². The number of hydrogen-bond donors (Lipinski definition) is 1. The third-order valence-corrected chi connectivity index (χ3v) is 2.47. The Morgan fingerprint density at radius 3 is 2.92 bits per heavy atom. The second-order valence-corrected chi connectivity index (χ2v) is 3.58. The predicted molar refractivity (Wildman–Crippen MR) is 48.7 cm³/mol. The van der Waals surface area contributed by atoms with Crippen LogP contribution in [0.2, 0.25) is 5.15 Å². The standard InChI is InChI=1S/C8H10ClN3O/c1-12-7(9)6(4-10-12)8(13)11-5-2-3-5/h4-5H,2-3H2,1H3,(H,11,13). The average molecular weight is 200 g/mol. The summed E-state index contributed by atoms with van der Waals surface area (Å²) in [6.07, 6.45) is 3.63. The van der Waals surface area contributed by atoms with E-state index in [2.05, 4.69) is 10.4 Å². The van der Waals surface area contributed by atoms with Gasteiger partial charge in [0, 0.05) is 13.1 Å². The smallest absolute Gasteiger partial charge is 0.256 e. The number of hydrogen-bond acceptors (Lipinski definition) is 2. The van der Waals surface area contributed by atoms with Gasteiger partial charge in [0.1, 0.15) is 5.15 Å². The molecule has 0 radical (unpaired) electrons. The first-order valence-electron chi connectivity index (χ1n) is 4.17. The number of aromatic nitrogens is 2. The van der Waals surface area contributed by atoms with Crippen molar-refractivity contribution in [3.8, 4) is 0 Å². The van der Waals surface area contributed by atoms with Gasteiger partial charge in [-0.05, 0) is 12.8 Å². The molecule has 1 amide bonds. The van der Waals surface area contributed by atoms with Gasteiger partial charge in [0.2, 0.25) is 0 Å². The third-order valence-electron chi connectivity index (χ3n) is 2.02. The normalized spacial score (nSPS) is 15.8. The Labute approximate surface area is 80.9 Å². The number of aryl methyl sites for hydroxylation is 1. The lowest BCUT2D eigenvalue weighted by Crippen LogP contribution is -2.25. The van der Waals surface area contributed by atoms with Gasteiger partial charge in [-0.15, -0.1) is 0 Å². The lowest BCUT2D eigenvalue weighted by molar-refractivity contribution is 0.0951. The van der Waals surface area contributed by atoms with Gasteiger partial charge in [-0.3, -0.25) is 9.48 Å². The van der Waals surface area contributed by atoms with Crippen LogP contribution in [0.4, 0.5) is 0 Å². The molecule has 0 saturated heterocycles. The van der Waals surface area contributed by atoms with E-state index in [1.165, 1.54) is 10.9 Å². The number of carbonyl (C=O) groups excluding carboxylic acids is 1. The van der Waals surface area contributed by atoms with E-state index in [0.717, 1.165) is 12.8 Å². The second kappa shape index (κ2) is 3.03. The Bertz CT molecular complexity index is 343. The molecule has 1 N–H and O–H groups in total. The summed E-state index contributed by atoms with van der Waals surface area (Å²) in [6.45, 7) is 0. The molecule has 1 aliphatic carbocycles. The average Bonchev–Trinajstić information content (AvgIpc) is 2.82. The Morgan fingerprint density at radius 2 is 2.46 bits per heavy atom. The molecular formula is C8H10ClN3O. The summed E-state index contributed by atoms with van der Waals surface area (Å²) in [7, 11) is 1.70. The van der Waals surface area contributed by atoms with E-state index in [4.69, 9.17) is 11.6 Å². The SMILES string of the molecule is Cn1ncc(C(=O)NC2CC2)c1Cl. The zero-order valence-corrected chi connectivity index (χ0v) is 8.01. The minimum absolute atomic E-state index is 0.124. The van der Waals surface area contributed by atoms with E-state index < -0.39 is 0 Å². The van der Waals surface area contributed by atoms with Gasteiger partial charge in [-0.1, -0.05) is 11.6 Å². The highest BCUT2D eigenvalue weighted by molar-refractivity contribution is 6.32. The van der Waals surface area contributed by atoms with Crippen molar-refractivity contribution in [2.24, 2.45) is 7.05 Å². The van der Waals surface area contributed by atoms with Gasteiger partial charge >= 0.3 is 0 Å². The van der Waals surface area contributed by atoms with Gasteiger partial charge in [-0.25, -0.2) is 0 Å². The number of amides is 1. The molecule has 1 aromatic heterocycles. The van der Waals surface area contributed by atoms with Crippen molar-refractivity contribution in [3.05, 3.63) is 16.9 Å². The van der Waals surface area contributed by atoms with Gasteiger partial charge in [0.25, 0.3) is 5.91 Å². The highest BCUT2D eigenvalue weighted by Gasteiger charge is 2.25. The van der Waals surface area contributed by atoms with E-state index >= 15 is 0 Å². The highest BCUT2D eigenvalue weighted by Crippen LogP contribution is 2.21. The number of halogens is 1. The largest absolute Gasteiger partial charge is 0.349 e. The topological polar surface area (TPSA) is 46.9 Å². The van der Waals surface area contributed by atoms with Crippen molar-refractivity contribution in [2.45, 2.75) is 18.9 Å². The van der Waals surface area contributed by atoms with Crippen LogP contribution < -0.4 is 5.32 Å². The molecular weight excluding hydrogens is 190 g/mol. The Morgan fingerprint density at radius 1 is 1.77 bits per heavy atom. The molecule has 0 aliphatic heterocycles. The van der Waals surface area contributed by atoms with E-state index in [-0.39, 0.29) is 5.91 Å². The monoisotopic (exact) mass is 199 g/mol. The van der Waals surface area contributed by atoms with Crippen molar-refractivity contribution in [1.82, 2.24) is 15.1 Å². The molecule has 1 aliphatic rings. The summed E-state index contributed by atoms with van der Waals surface area (Å²) in [4.78, 5) is 11.5. The van der Waals surface area contributed by atoms with Crippen LogP contribution >= 0.6 is 11.6 Å². The van der Waals surface area contributed by atoms with Gasteiger partial charge < -0.3 is 5.32 Å². The third kappa shape index (κ3) is 1.67. The summed E-state index contributed by atoms with van der Waals surface area (Å²) < 4.78 is 1.48. The van der Waals surface area contributed by atoms with Crippen LogP contribution in [0.25, 0.3) is 0 Å². The summed E-state index contributed by atoms with van der Waals surface area (Å²) in [5.41, 5.74) is 0.455. The molecule has 1 fully saturated rings. The maximum Gasteiger partial charge on any atom is 0.256 e. The van der Waals surface area contributed by atoms with Crippen molar-refractivity contribution in [1.29, 1.82) is 0 Å². The maximum absolute atomic E-state index is 11.5. The molecule has 1 heterocycles. The first-order valence-corrected chi connectivity index (χ1v) is 4.54. The molecule has 0 unspecified atom stereocenters. The molecule has 0 spiro atoms. The molecule has 13 heavy (non-hydrogen) atoms. The van der Waals surface area contributed by atoms with Gasteiger partial charge in [-0.2, -0.15) is 5.10 Å². The molecule has 70 valence electrons. The van der Waals surface area contributed by atoms with Crippen molar-refractivity contribution in [2.75, 3.05) is 0 Å². The van der Waals surface area contributed by atoms with Gasteiger partial charge in [0.05, 0.1) is 11.8 Å². The quantitative estimate of drug-likeness (QED) is 0.772. The summed E-state index contributed by atoms with van der Waals surface area (Å²) in [5.74, 6) is -0.124. The van der Waals surface area contributed by atoms with Crippen LogP contribution in [0.3, 0.4) is 0 Å². The van der Waals surface area contributed by atoms with Crippen LogP contribution in [-0.4, -0.2) is 21.7 Å². The number of nitrogens with one attached hydrogen (secondary N) is 1. The van der Waals surface area contributed by atoms with E-state index in [9.17, 15) is 4.79 Å². The predicted octanol–water partition coefficient (Wildman–Crippen LogP) is 0.966. The molecule has 1 saturated carbocycles. The number of nitrogens with zero attached hydrogens (tertiary/aromatic N) is 2. The molecule has 2 rings (SSSR count). The lowest BCUT2D eigenvalue weighted by atomic mass is 10.3. The fourth-order valence-corrected chi connectivity index (χ4v) is 1.24. The van der Waals surface area contributed by atoms with Crippen molar-refractivity contribution in [3.63, 3.8) is 0 Å². The lowest BCUT2D eigenvalue weighted by Gasteiger charge is -2.00. The molecule has 0 bridgehead atoms. The highest BCUT2D eigenvalue weighted by atomic mass is 35.5. The van der Waals surface area contributed by atoms with Crippen molar-refractivity contribution < 1.29 is 4.79 Å². The minimum Gasteiger partial charge on any atom is -0.349 e. The molecule has 4 nitrogen and oxygen atoms in total. The van der Waals surface area contributed by atoms with Crippen LogP contribution in [-0.2, 0) is 7.05 Å². The second-order valence-electron chi connectivity index (χ2n) is 3.22. The Kier molecular flexibility index (Phi) is 2.00. The first-order chi connectivity index (χ1) is 6.18. The molecule has 0 aromatic carbocycles.